The van der Waals surface area contributed by atoms with Crippen molar-refractivity contribution in [3.63, 3.8) is 0 Å². The summed E-state index contributed by atoms with van der Waals surface area (Å²) in [6, 6.07) is 21.3. The maximum atomic E-state index is 13.4. The number of hydrogen-bond acceptors (Lipinski definition) is 3. The number of rotatable bonds is 4. The maximum Gasteiger partial charge on any atom is 0.167 e. The van der Waals surface area contributed by atoms with E-state index in [1.54, 1.807) is 0 Å². The van der Waals surface area contributed by atoms with Crippen LogP contribution in [0.3, 0.4) is 0 Å². The van der Waals surface area contributed by atoms with Crippen molar-refractivity contribution >= 4 is 5.78 Å². The fraction of sp³-hybridized carbons (Fsp3) is 0.393. The molecule has 5 rings (SSSR count). The SMILES string of the molecule is CC(C)c1ccc(-n2nc(C3CC3c3ccccc3)c3c2C(C#N)C(C)(C)CC3=O)cc1. The number of aromatic nitrogens is 2. The minimum absolute atomic E-state index is 0.121. The number of carbonyl (C=O) groups is 1. The van der Waals surface area contributed by atoms with Crippen molar-refractivity contribution in [2.24, 2.45) is 5.41 Å². The zero-order valence-electron chi connectivity index (χ0n) is 19.2. The van der Waals surface area contributed by atoms with E-state index in [9.17, 15) is 10.1 Å². The smallest absolute Gasteiger partial charge is 0.167 e. The minimum Gasteiger partial charge on any atom is -0.294 e. The summed E-state index contributed by atoms with van der Waals surface area (Å²) < 4.78 is 1.89. The number of nitriles is 1. The standard InChI is InChI=1S/C28H29N3O/c1-17(2)18-10-12-20(13-11-18)31-27-23(16-29)28(3,4)15-24(32)25(27)26(30-31)22-14-21(22)19-8-6-5-7-9-19/h5-13,17,21-23H,14-15H2,1-4H3. The molecule has 32 heavy (non-hydrogen) atoms. The molecule has 0 saturated heterocycles. The summed E-state index contributed by atoms with van der Waals surface area (Å²) in [6.45, 7) is 8.38. The van der Waals surface area contributed by atoms with Gasteiger partial charge in [0.15, 0.2) is 5.78 Å². The zero-order valence-corrected chi connectivity index (χ0v) is 19.2. The molecular weight excluding hydrogens is 394 g/mol. The molecule has 0 bridgehead atoms. The predicted molar refractivity (Wildman–Crippen MR) is 125 cm³/mol. The first kappa shape index (κ1) is 20.7. The summed E-state index contributed by atoms with van der Waals surface area (Å²) in [6.07, 6.45) is 1.37. The molecule has 0 aliphatic heterocycles. The lowest BCUT2D eigenvalue weighted by Crippen LogP contribution is -2.32. The molecule has 2 aliphatic carbocycles. The Balaban J connectivity index is 1.65. The Morgan fingerprint density at radius 2 is 1.75 bits per heavy atom. The van der Waals surface area contributed by atoms with Gasteiger partial charge in [-0.05, 0) is 46.9 Å². The summed E-state index contributed by atoms with van der Waals surface area (Å²) in [4.78, 5) is 13.4. The predicted octanol–water partition coefficient (Wildman–Crippen LogP) is 6.49. The molecule has 1 aromatic heterocycles. The summed E-state index contributed by atoms with van der Waals surface area (Å²) in [5, 5.41) is 15.2. The third-order valence-corrected chi connectivity index (χ3v) is 7.20. The topological polar surface area (TPSA) is 58.7 Å². The Morgan fingerprint density at radius 3 is 2.38 bits per heavy atom. The second-order valence-electron chi connectivity index (χ2n) is 10.3. The Morgan fingerprint density at radius 1 is 1.06 bits per heavy atom. The van der Waals surface area contributed by atoms with Crippen LogP contribution in [0.25, 0.3) is 5.69 Å². The lowest BCUT2D eigenvalue weighted by atomic mass is 9.68. The molecule has 1 fully saturated rings. The summed E-state index contributed by atoms with van der Waals surface area (Å²) >= 11 is 0. The number of ketones is 1. The van der Waals surface area contributed by atoms with Crippen LogP contribution >= 0.6 is 0 Å². The number of carbonyl (C=O) groups excluding carboxylic acids is 1. The summed E-state index contributed by atoms with van der Waals surface area (Å²) in [5.41, 5.74) is 5.40. The molecule has 3 atom stereocenters. The van der Waals surface area contributed by atoms with Gasteiger partial charge in [-0.3, -0.25) is 4.79 Å². The number of hydrogen-bond donors (Lipinski definition) is 0. The number of benzene rings is 2. The second kappa shape index (κ2) is 7.45. The summed E-state index contributed by atoms with van der Waals surface area (Å²) in [7, 11) is 0. The van der Waals surface area contributed by atoms with Crippen LogP contribution in [-0.2, 0) is 0 Å². The van der Waals surface area contributed by atoms with E-state index in [1.807, 2.05) is 24.6 Å². The monoisotopic (exact) mass is 423 g/mol. The highest BCUT2D eigenvalue weighted by Crippen LogP contribution is 2.57. The molecule has 162 valence electrons. The first-order valence-electron chi connectivity index (χ1n) is 11.5. The lowest BCUT2D eigenvalue weighted by Gasteiger charge is -2.34. The van der Waals surface area contributed by atoms with Gasteiger partial charge >= 0.3 is 0 Å². The van der Waals surface area contributed by atoms with Crippen molar-refractivity contribution in [3.8, 4) is 11.8 Å². The highest BCUT2D eigenvalue weighted by Gasteiger charge is 2.50. The van der Waals surface area contributed by atoms with Gasteiger partial charge in [0.1, 0.15) is 0 Å². The molecule has 0 N–H and O–H groups in total. The molecule has 0 spiro atoms. The molecule has 4 nitrogen and oxygen atoms in total. The number of nitrogens with zero attached hydrogens (tertiary/aromatic N) is 3. The van der Waals surface area contributed by atoms with Gasteiger partial charge in [0.2, 0.25) is 0 Å². The van der Waals surface area contributed by atoms with Gasteiger partial charge in [-0.25, -0.2) is 4.68 Å². The molecule has 4 heteroatoms. The van der Waals surface area contributed by atoms with Crippen molar-refractivity contribution in [1.29, 1.82) is 5.26 Å². The Bertz CT molecular complexity index is 1210. The third-order valence-electron chi connectivity index (χ3n) is 7.20. The van der Waals surface area contributed by atoms with Crippen molar-refractivity contribution in [2.75, 3.05) is 0 Å². The van der Waals surface area contributed by atoms with Crippen LogP contribution in [0.15, 0.2) is 54.6 Å². The van der Waals surface area contributed by atoms with E-state index in [2.05, 4.69) is 68.4 Å². The first-order valence-corrected chi connectivity index (χ1v) is 11.5. The maximum absolute atomic E-state index is 13.4. The van der Waals surface area contributed by atoms with Crippen LogP contribution in [0.4, 0.5) is 0 Å². The van der Waals surface area contributed by atoms with Crippen molar-refractivity contribution < 1.29 is 4.79 Å². The van der Waals surface area contributed by atoms with E-state index >= 15 is 0 Å². The Labute approximate surface area is 189 Å². The molecule has 1 saturated carbocycles. The van der Waals surface area contributed by atoms with Crippen LogP contribution in [0.1, 0.15) is 97.1 Å². The van der Waals surface area contributed by atoms with Gasteiger partial charge in [0.25, 0.3) is 0 Å². The van der Waals surface area contributed by atoms with E-state index < -0.39 is 5.41 Å². The molecule has 0 radical (unpaired) electrons. The van der Waals surface area contributed by atoms with Crippen LogP contribution < -0.4 is 0 Å². The van der Waals surface area contributed by atoms with Gasteiger partial charge in [-0.15, -0.1) is 0 Å². The van der Waals surface area contributed by atoms with Gasteiger partial charge < -0.3 is 0 Å². The third kappa shape index (κ3) is 3.28. The van der Waals surface area contributed by atoms with Gasteiger partial charge in [0, 0.05) is 12.3 Å². The van der Waals surface area contributed by atoms with Gasteiger partial charge in [-0.2, -0.15) is 10.4 Å². The molecule has 2 aromatic carbocycles. The average molecular weight is 424 g/mol. The second-order valence-corrected chi connectivity index (χ2v) is 10.3. The Hall–Kier alpha value is -3.19. The van der Waals surface area contributed by atoms with Gasteiger partial charge in [0.05, 0.1) is 34.6 Å². The van der Waals surface area contributed by atoms with Gasteiger partial charge in [-0.1, -0.05) is 70.2 Å². The minimum atomic E-state index is -0.422. The highest BCUT2D eigenvalue weighted by atomic mass is 16.1. The fourth-order valence-corrected chi connectivity index (χ4v) is 5.23. The van der Waals surface area contributed by atoms with Crippen LogP contribution in [0, 0.1) is 16.7 Å². The van der Waals surface area contributed by atoms with Crippen molar-refractivity contribution in [1.82, 2.24) is 9.78 Å². The first-order chi connectivity index (χ1) is 15.3. The highest BCUT2D eigenvalue weighted by molar-refractivity contribution is 6.01. The zero-order chi connectivity index (χ0) is 22.6. The van der Waals surface area contributed by atoms with E-state index in [0.29, 0.717) is 23.8 Å². The largest absolute Gasteiger partial charge is 0.294 e. The van der Waals surface area contributed by atoms with Crippen LogP contribution in [0.2, 0.25) is 0 Å². The Kier molecular flexibility index (Phi) is 4.82. The fourth-order valence-electron chi connectivity index (χ4n) is 5.23. The number of Topliss-reactive ketones (excluding diaryl/α,β-unsaturated/α-hetero) is 1. The van der Waals surface area contributed by atoms with Crippen molar-refractivity contribution in [2.45, 2.75) is 64.2 Å². The molecular formula is C28H29N3O. The lowest BCUT2D eigenvalue weighted by molar-refractivity contribution is 0.0898. The molecule has 2 aliphatic rings. The van der Waals surface area contributed by atoms with Crippen molar-refractivity contribution in [3.05, 3.63) is 82.7 Å². The molecule has 3 aromatic rings. The quantitative estimate of drug-likeness (QED) is 0.482. The number of fused-ring (bicyclic) bond motifs is 1. The van der Waals surface area contributed by atoms with E-state index in [4.69, 9.17) is 5.10 Å². The van der Waals surface area contributed by atoms with E-state index in [-0.39, 0.29) is 17.6 Å². The molecule has 1 heterocycles. The van der Waals surface area contributed by atoms with E-state index in [0.717, 1.165) is 23.5 Å². The average Bonchev–Trinajstić information content (AvgIpc) is 3.47. The van der Waals surface area contributed by atoms with Crippen LogP contribution in [-0.4, -0.2) is 15.6 Å². The van der Waals surface area contributed by atoms with Crippen LogP contribution in [0.5, 0.6) is 0 Å². The molecule has 0 amide bonds. The normalized spacial score (nSPS) is 23.6. The molecule has 3 unspecified atom stereocenters. The summed E-state index contributed by atoms with van der Waals surface area (Å²) in [5.74, 6) is 0.795. The van der Waals surface area contributed by atoms with E-state index in [1.165, 1.54) is 11.1 Å².